The Hall–Kier alpha value is -2.88. The van der Waals surface area contributed by atoms with E-state index in [-0.39, 0.29) is 6.29 Å². The second-order valence-corrected chi connectivity index (χ2v) is 4.86. The average Bonchev–Trinajstić information content (AvgIpc) is 2.96. The van der Waals surface area contributed by atoms with E-state index in [1.165, 1.54) is 0 Å². The first-order valence-corrected chi connectivity index (χ1v) is 6.90. The van der Waals surface area contributed by atoms with Gasteiger partial charge in [-0.2, -0.15) is 0 Å². The van der Waals surface area contributed by atoms with Crippen molar-refractivity contribution in [1.29, 1.82) is 0 Å². The highest BCUT2D eigenvalue weighted by Crippen LogP contribution is 2.29. The smallest absolute Gasteiger partial charge is 0.223 e. The number of nitrogens with zero attached hydrogens (tertiary/aromatic N) is 4. The minimum Gasteiger partial charge on any atom is -0.289 e. The van der Waals surface area contributed by atoms with Crippen LogP contribution >= 0.6 is 0 Å². The monoisotopic (exact) mass is 274 g/mol. The highest BCUT2D eigenvalue weighted by atomic mass is 15.7. The molecule has 2 aromatic rings. The number of para-hydroxylation sites is 1. The fraction of sp³-hybridized carbons (Fsp3) is 0.0588. The Morgan fingerprint density at radius 1 is 0.857 bits per heavy atom. The molecule has 21 heavy (non-hydrogen) atoms. The number of benzene rings is 2. The van der Waals surface area contributed by atoms with Crippen LogP contribution in [0.2, 0.25) is 0 Å². The third kappa shape index (κ3) is 2.01. The molecule has 0 radical (unpaired) electrons. The van der Waals surface area contributed by atoms with Crippen LogP contribution in [0.3, 0.4) is 0 Å². The van der Waals surface area contributed by atoms with Crippen LogP contribution in [0.5, 0.6) is 0 Å². The van der Waals surface area contributed by atoms with Crippen LogP contribution in [0.15, 0.2) is 83.0 Å². The summed E-state index contributed by atoms with van der Waals surface area (Å²) in [6.45, 7) is 0. The van der Waals surface area contributed by atoms with Crippen molar-refractivity contribution in [1.82, 2.24) is 4.90 Å². The molecule has 1 atom stereocenters. The fourth-order valence-electron chi connectivity index (χ4n) is 2.54. The van der Waals surface area contributed by atoms with Gasteiger partial charge in [-0.15, -0.1) is 5.10 Å². The van der Waals surface area contributed by atoms with Crippen molar-refractivity contribution in [2.24, 2.45) is 10.1 Å². The minimum absolute atomic E-state index is 0.146. The first-order chi connectivity index (χ1) is 10.4. The number of aliphatic imine (C=N–C) groups is 1. The van der Waals surface area contributed by atoms with Crippen LogP contribution in [0, 0.1) is 0 Å². The number of fused-ring (bicyclic) bond motifs is 1. The van der Waals surface area contributed by atoms with Gasteiger partial charge in [-0.1, -0.05) is 48.5 Å². The van der Waals surface area contributed by atoms with Crippen molar-refractivity contribution < 1.29 is 0 Å². The third-order valence-electron chi connectivity index (χ3n) is 3.52. The molecule has 2 aliphatic heterocycles. The SMILES string of the molecule is C1=CN2C(c3ccccc3)=NN(c3ccccc3)C2N=C1. The topological polar surface area (TPSA) is 31.2 Å². The van der Waals surface area contributed by atoms with Crippen molar-refractivity contribution >= 4 is 17.7 Å². The maximum absolute atomic E-state index is 4.78. The molecule has 0 N–H and O–H groups in total. The Morgan fingerprint density at radius 3 is 2.33 bits per heavy atom. The first-order valence-electron chi connectivity index (χ1n) is 6.90. The lowest BCUT2D eigenvalue weighted by molar-refractivity contribution is 0.432. The molecule has 102 valence electrons. The van der Waals surface area contributed by atoms with Gasteiger partial charge in [-0.3, -0.25) is 4.90 Å². The van der Waals surface area contributed by atoms with Gasteiger partial charge in [0, 0.05) is 18.0 Å². The van der Waals surface area contributed by atoms with Gasteiger partial charge in [0.15, 0.2) is 5.84 Å². The summed E-state index contributed by atoms with van der Waals surface area (Å²) in [5, 5.41) is 6.73. The predicted octanol–water partition coefficient (Wildman–Crippen LogP) is 3.05. The van der Waals surface area contributed by atoms with E-state index in [1.54, 1.807) is 0 Å². The van der Waals surface area contributed by atoms with Crippen LogP contribution in [0.25, 0.3) is 0 Å². The van der Waals surface area contributed by atoms with Crippen LogP contribution in [0.1, 0.15) is 5.56 Å². The molecular weight excluding hydrogens is 260 g/mol. The van der Waals surface area contributed by atoms with Crippen molar-refractivity contribution in [3.8, 4) is 0 Å². The quantitative estimate of drug-likeness (QED) is 0.842. The second-order valence-electron chi connectivity index (χ2n) is 4.86. The molecule has 1 unspecified atom stereocenters. The molecule has 0 saturated heterocycles. The predicted molar refractivity (Wildman–Crippen MR) is 85.2 cm³/mol. The van der Waals surface area contributed by atoms with Crippen molar-refractivity contribution in [2.75, 3.05) is 5.01 Å². The van der Waals surface area contributed by atoms with Gasteiger partial charge in [-0.25, -0.2) is 10.0 Å². The Balaban J connectivity index is 1.80. The van der Waals surface area contributed by atoms with E-state index in [1.807, 2.05) is 72.0 Å². The standard InChI is InChI=1S/C17H14N4/c1-3-8-14(9-4-1)16-19-21(15-10-5-2-6-11-15)17-18-12-7-13-20(16)17/h1-13,17H. The lowest BCUT2D eigenvalue weighted by Crippen LogP contribution is -2.39. The Kier molecular flexibility index (Phi) is 2.78. The Labute approximate surface area is 123 Å². The van der Waals surface area contributed by atoms with Crippen molar-refractivity contribution in [2.45, 2.75) is 6.29 Å². The van der Waals surface area contributed by atoms with Crippen LogP contribution < -0.4 is 5.01 Å². The number of hydrogen-bond donors (Lipinski definition) is 0. The largest absolute Gasteiger partial charge is 0.289 e. The van der Waals surface area contributed by atoms with E-state index >= 15 is 0 Å². The molecule has 0 bridgehead atoms. The minimum atomic E-state index is -0.146. The van der Waals surface area contributed by atoms with Gasteiger partial charge in [0.25, 0.3) is 0 Å². The number of hydrazone groups is 1. The molecule has 2 heterocycles. The third-order valence-corrected chi connectivity index (χ3v) is 3.52. The molecule has 0 aliphatic carbocycles. The molecular formula is C17H14N4. The maximum atomic E-state index is 4.78. The summed E-state index contributed by atoms with van der Waals surface area (Å²) in [4.78, 5) is 6.64. The van der Waals surface area contributed by atoms with Crippen LogP contribution in [-0.2, 0) is 0 Å². The van der Waals surface area contributed by atoms with Crippen molar-refractivity contribution in [3.05, 3.63) is 78.5 Å². The zero-order valence-corrected chi connectivity index (χ0v) is 11.4. The summed E-state index contributed by atoms with van der Waals surface area (Å²) in [6.07, 6.45) is 5.63. The number of amidine groups is 1. The second kappa shape index (κ2) is 4.90. The van der Waals surface area contributed by atoms with Crippen LogP contribution in [0.4, 0.5) is 5.69 Å². The number of anilines is 1. The molecule has 0 saturated carbocycles. The Bertz CT molecular complexity index is 719. The normalized spacial score (nSPS) is 19.6. The van der Waals surface area contributed by atoms with Crippen molar-refractivity contribution in [3.63, 3.8) is 0 Å². The molecule has 4 nitrogen and oxygen atoms in total. The fourth-order valence-corrected chi connectivity index (χ4v) is 2.54. The molecule has 2 aromatic carbocycles. The number of hydrogen-bond acceptors (Lipinski definition) is 4. The molecule has 2 aliphatic rings. The number of allylic oxidation sites excluding steroid dienone is 1. The molecule has 4 heteroatoms. The molecule has 4 rings (SSSR count). The maximum Gasteiger partial charge on any atom is 0.223 e. The van der Waals surface area contributed by atoms with E-state index in [9.17, 15) is 0 Å². The van der Waals surface area contributed by atoms with Gasteiger partial charge in [0.05, 0.1) is 5.69 Å². The lowest BCUT2D eigenvalue weighted by Gasteiger charge is -2.27. The Morgan fingerprint density at radius 2 is 1.57 bits per heavy atom. The zero-order valence-electron chi connectivity index (χ0n) is 11.4. The number of rotatable bonds is 2. The summed E-state index contributed by atoms with van der Waals surface area (Å²) >= 11 is 0. The molecule has 0 fully saturated rings. The van der Waals surface area contributed by atoms with E-state index < -0.39 is 0 Å². The summed E-state index contributed by atoms with van der Waals surface area (Å²) in [7, 11) is 0. The average molecular weight is 274 g/mol. The highest BCUT2D eigenvalue weighted by molar-refractivity contribution is 6.02. The van der Waals surface area contributed by atoms with Gasteiger partial charge in [0.2, 0.25) is 6.29 Å². The summed E-state index contributed by atoms with van der Waals surface area (Å²) in [6, 6.07) is 20.3. The molecule has 0 aromatic heterocycles. The summed E-state index contributed by atoms with van der Waals surface area (Å²) < 4.78 is 0. The molecule has 0 amide bonds. The zero-order chi connectivity index (χ0) is 14.1. The lowest BCUT2D eigenvalue weighted by atomic mass is 10.2. The van der Waals surface area contributed by atoms with Gasteiger partial charge < -0.3 is 0 Å². The van der Waals surface area contributed by atoms with Crippen LogP contribution in [-0.4, -0.2) is 23.2 Å². The van der Waals surface area contributed by atoms with E-state index in [2.05, 4.69) is 22.0 Å². The van der Waals surface area contributed by atoms with E-state index in [0.717, 1.165) is 17.1 Å². The van der Waals surface area contributed by atoms with Gasteiger partial charge >= 0.3 is 0 Å². The summed E-state index contributed by atoms with van der Waals surface area (Å²) in [5.74, 6) is 0.914. The molecule has 0 spiro atoms. The van der Waals surface area contributed by atoms with E-state index in [4.69, 9.17) is 5.10 Å². The van der Waals surface area contributed by atoms with Gasteiger partial charge in [0.1, 0.15) is 0 Å². The highest BCUT2D eigenvalue weighted by Gasteiger charge is 2.34. The van der Waals surface area contributed by atoms with E-state index in [0.29, 0.717) is 0 Å². The van der Waals surface area contributed by atoms with Gasteiger partial charge in [-0.05, 0) is 18.2 Å². The first kappa shape index (κ1) is 11.9. The summed E-state index contributed by atoms with van der Waals surface area (Å²) in [5.41, 5.74) is 2.12.